The number of rotatable bonds is 2. The van der Waals surface area contributed by atoms with E-state index in [1.54, 1.807) is 30.3 Å². The number of imide groups is 1. The maximum absolute atomic E-state index is 12.3. The van der Waals surface area contributed by atoms with Crippen molar-refractivity contribution in [2.75, 3.05) is 4.90 Å². The average Bonchev–Trinajstić information content (AvgIpc) is 2.71. The minimum atomic E-state index is -0.401. The first kappa shape index (κ1) is 11.6. The molecule has 0 saturated carbocycles. The van der Waals surface area contributed by atoms with Gasteiger partial charge in [0, 0.05) is 12.7 Å². The smallest absolute Gasteiger partial charge is 0.284 e. The molecule has 94 valence electrons. The Hall–Kier alpha value is -2.53. The third-order valence-electron chi connectivity index (χ3n) is 3.10. The number of hydrogen-bond acceptors (Lipinski definition) is 4. The molecule has 1 aromatic carbocycles. The lowest BCUT2D eigenvalue weighted by atomic mass is 10.1. The van der Waals surface area contributed by atoms with Gasteiger partial charge in [0.1, 0.15) is 5.69 Å². The van der Waals surface area contributed by atoms with Crippen molar-refractivity contribution in [2.45, 2.75) is 6.54 Å². The summed E-state index contributed by atoms with van der Waals surface area (Å²) in [7, 11) is 0. The van der Waals surface area contributed by atoms with Crippen LogP contribution >= 0.6 is 0 Å². The van der Waals surface area contributed by atoms with Crippen molar-refractivity contribution < 1.29 is 9.59 Å². The van der Waals surface area contributed by atoms with Crippen LogP contribution in [0.1, 0.15) is 26.4 Å². The fourth-order valence-electron chi connectivity index (χ4n) is 2.19. The third kappa shape index (κ3) is 1.63. The van der Waals surface area contributed by atoms with Crippen molar-refractivity contribution in [1.29, 1.82) is 0 Å². The first-order valence-corrected chi connectivity index (χ1v) is 5.86. The number of carbonyl (C=O) groups excluding carboxylic acids is 2. The fraction of sp³-hybridized carbons (Fsp3) is 0.0714. The van der Waals surface area contributed by atoms with E-state index in [9.17, 15) is 9.59 Å². The van der Waals surface area contributed by atoms with Gasteiger partial charge in [-0.3, -0.25) is 14.6 Å². The van der Waals surface area contributed by atoms with Gasteiger partial charge in [0.15, 0.2) is 0 Å². The van der Waals surface area contributed by atoms with E-state index in [1.807, 2.05) is 6.07 Å². The molecule has 0 radical (unpaired) electrons. The molecule has 0 atom stereocenters. The van der Waals surface area contributed by atoms with Crippen LogP contribution in [0.4, 0.5) is 5.69 Å². The summed E-state index contributed by atoms with van der Waals surface area (Å²) in [6, 6.07) is 10.3. The van der Waals surface area contributed by atoms with Gasteiger partial charge in [-0.15, -0.1) is 0 Å². The Bertz CT molecular complexity index is 647. The van der Waals surface area contributed by atoms with Gasteiger partial charge in [-0.05, 0) is 23.8 Å². The molecular weight excluding hydrogens is 242 g/mol. The number of pyridine rings is 1. The molecule has 1 aliphatic rings. The molecule has 0 unspecified atom stereocenters. The van der Waals surface area contributed by atoms with Gasteiger partial charge in [-0.25, -0.2) is 4.90 Å². The predicted octanol–water partition coefficient (Wildman–Crippen LogP) is 1.34. The number of hydrogen-bond donors (Lipinski definition) is 1. The number of fused-ring (bicyclic) bond motifs is 1. The van der Waals surface area contributed by atoms with Gasteiger partial charge in [-0.1, -0.05) is 18.2 Å². The largest absolute Gasteiger partial charge is 0.326 e. The van der Waals surface area contributed by atoms with E-state index in [0.29, 0.717) is 11.3 Å². The van der Waals surface area contributed by atoms with Crippen LogP contribution in [0.3, 0.4) is 0 Å². The van der Waals surface area contributed by atoms with Crippen LogP contribution < -0.4 is 10.6 Å². The Labute approximate surface area is 109 Å². The van der Waals surface area contributed by atoms with Gasteiger partial charge in [0.05, 0.1) is 11.3 Å². The summed E-state index contributed by atoms with van der Waals surface area (Å²) in [6.07, 6.45) is 1.50. The molecule has 2 heterocycles. The van der Waals surface area contributed by atoms with E-state index in [-0.39, 0.29) is 18.1 Å². The number of carbonyl (C=O) groups is 2. The lowest BCUT2D eigenvalue weighted by Crippen LogP contribution is -2.30. The second-order valence-corrected chi connectivity index (χ2v) is 4.18. The van der Waals surface area contributed by atoms with E-state index in [4.69, 9.17) is 5.73 Å². The molecule has 0 saturated heterocycles. The number of amides is 2. The second-order valence-electron chi connectivity index (χ2n) is 4.18. The van der Waals surface area contributed by atoms with E-state index in [2.05, 4.69) is 4.98 Å². The van der Waals surface area contributed by atoms with E-state index < -0.39 is 5.91 Å². The van der Waals surface area contributed by atoms with Crippen LogP contribution in [0.15, 0.2) is 42.6 Å². The SMILES string of the molecule is NCc1ccccc1N1C(=O)c2cccnc2C1=O. The molecule has 2 aromatic rings. The highest BCUT2D eigenvalue weighted by Crippen LogP contribution is 2.29. The third-order valence-corrected chi connectivity index (χ3v) is 3.10. The number of aromatic nitrogens is 1. The van der Waals surface area contributed by atoms with Crippen LogP contribution in [0, 0.1) is 0 Å². The summed E-state index contributed by atoms with van der Waals surface area (Å²) < 4.78 is 0. The maximum Gasteiger partial charge on any atom is 0.284 e. The minimum Gasteiger partial charge on any atom is -0.326 e. The quantitative estimate of drug-likeness (QED) is 0.819. The van der Waals surface area contributed by atoms with Crippen LogP contribution in [0.5, 0.6) is 0 Å². The fourth-order valence-corrected chi connectivity index (χ4v) is 2.19. The summed E-state index contributed by atoms with van der Waals surface area (Å²) in [4.78, 5) is 29.7. The molecule has 5 heteroatoms. The zero-order valence-corrected chi connectivity index (χ0v) is 10.0. The normalized spacial score (nSPS) is 13.8. The van der Waals surface area contributed by atoms with Crippen molar-refractivity contribution >= 4 is 17.5 Å². The van der Waals surface area contributed by atoms with Crippen molar-refractivity contribution in [2.24, 2.45) is 5.73 Å². The topological polar surface area (TPSA) is 76.3 Å². The van der Waals surface area contributed by atoms with Crippen LogP contribution in [0.25, 0.3) is 0 Å². The van der Waals surface area contributed by atoms with Crippen LogP contribution in [-0.2, 0) is 6.54 Å². The van der Waals surface area contributed by atoms with E-state index >= 15 is 0 Å². The molecule has 0 bridgehead atoms. The van der Waals surface area contributed by atoms with E-state index in [1.165, 1.54) is 6.20 Å². The Balaban J connectivity index is 2.14. The average molecular weight is 253 g/mol. The molecule has 1 aromatic heterocycles. The highest BCUT2D eigenvalue weighted by Gasteiger charge is 2.38. The van der Waals surface area contributed by atoms with Gasteiger partial charge in [0.2, 0.25) is 0 Å². The van der Waals surface area contributed by atoms with Gasteiger partial charge < -0.3 is 5.73 Å². The van der Waals surface area contributed by atoms with Crippen molar-refractivity contribution in [1.82, 2.24) is 4.98 Å². The highest BCUT2D eigenvalue weighted by molar-refractivity contribution is 6.33. The van der Waals surface area contributed by atoms with Crippen LogP contribution in [-0.4, -0.2) is 16.8 Å². The summed E-state index contributed by atoms with van der Waals surface area (Å²) >= 11 is 0. The Morgan fingerprint density at radius 1 is 1.05 bits per heavy atom. The molecule has 0 fully saturated rings. The number of benzene rings is 1. The highest BCUT2D eigenvalue weighted by atomic mass is 16.2. The van der Waals surface area contributed by atoms with E-state index in [0.717, 1.165) is 10.5 Å². The first-order valence-electron chi connectivity index (χ1n) is 5.86. The Morgan fingerprint density at radius 2 is 1.84 bits per heavy atom. The van der Waals surface area contributed by atoms with Crippen LogP contribution in [0.2, 0.25) is 0 Å². The second kappa shape index (κ2) is 4.29. The minimum absolute atomic E-state index is 0.194. The van der Waals surface area contributed by atoms with Crippen molar-refractivity contribution in [3.63, 3.8) is 0 Å². The molecule has 2 amide bonds. The molecule has 3 rings (SSSR count). The molecule has 5 nitrogen and oxygen atoms in total. The van der Waals surface area contributed by atoms with Gasteiger partial charge in [0.25, 0.3) is 11.8 Å². The zero-order chi connectivity index (χ0) is 13.4. The summed E-state index contributed by atoms with van der Waals surface area (Å²) in [5.41, 5.74) is 7.45. The molecule has 2 N–H and O–H groups in total. The Kier molecular flexibility index (Phi) is 2.61. The van der Waals surface area contributed by atoms with Gasteiger partial charge >= 0.3 is 0 Å². The Morgan fingerprint density at radius 3 is 2.58 bits per heavy atom. The molecule has 0 aliphatic carbocycles. The zero-order valence-electron chi connectivity index (χ0n) is 10.0. The number of para-hydroxylation sites is 1. The summed E-state index contributed by atoms with van der Waals surface area (Å²) in [6.45, 7) is 0.261. The number of nitrogens with zero attached hydrogens (tertiary/aromatic N) is 2. The molecule has 19 heavy (non-hydrogen) atoms. The van der Waals surface area contributed by atoms with Crippen molar-refractivity contribution in [3.8, 4) is 0 Å². The molecular formula is C14H11N3O2. The van der Waals surface area contributed by atoms with Gasteiger partial charge in [-0.2, -0.15) is 0 Å². The molecule has 1 aliphatic heterocycles. The maximum atomic E-state index is 12.3. The standard InChI is InChI=1S/C14H11N3O2/c15-8-9-4-1-2-6-11(9)17-13(18)10-5-3-7-16-12(10)14(17)19/h1-7H,8,15H2. The lowest BCUT2D eigenvalue weighted by Gasteiger charge is -2.16. The predicted molar refractivity (Wildman–Crippen MR) is 69.7 cm³/mol. The first-order chi connectivity index (χ1) is 9.24. The summed E-state index contributed by atoms with van der Waals surface area (Å²) in [5, 5.41) is 0. The number of nitrogens with two attached hydrogens (primary N) is 1. The summed E-state index contributed by atoms with van der Waals surface area (Å²) in [5.74, 6) is -0.754. The lowest BCUT2D eigenvalue weighted by molar-refractivity contribution is 0.0924. The van der Waals surface area contributed by atoms with Crippen molar-refractivity contribution in [3.05, 3.63) is 59.4 Å². The molecule has 0 spiro atoms. The monoisotopic (exact) mass is 253 g/mol. The number of anilines is 1.